The van der Waals surface area contributed by atoms with Crippen molar-refractivity contribution >= 4 is 23.3 Å². The fourth-order valence-electron chi connectivity index (χ4n) is 3.03. The smallest absolute Gasteiger partial charge is 0.330 e. The van der Waals surface area contributed by atoms with Gasteiger partial charge in [-0.1, -0.05) is 13.8 Å². The number of carbonyl (C=O) groups is 2. The molecule has 0 bridgehead atoms. The maximum absolute atomic E-state index is 12.9. The molecule has 0 spiro atoms. The number of methoxy groups -OCH3 is 1. The zero-order valence-electron chi connectivity index (χ0n) is 16.5. The van der Waals surface area contributed by atoms with E-state index in [1.807, 2.05) is 13.8 Å². The van der Waals surface area contributed by atoms with Crippen LogP contribution in [0.3, 0.4) is 0 Å². The van der Waals surface area contributed by atoms with Gasteiger partial charge in [0.25, 0.3) is 5.56 Å². The lowest BCUT2D eigenvalue weighted by molar-refractivity contribution is -0.126. The molecule has 1 aliphatic heterocycles. The monoisotopic (exact) mass is 396 g/mol. The van der Waals surface area contributed by atoms with E-state index in [1.54, 1.807) is 4.90 Å². The van der Waals surface area contributed by atoms with Gasteiger partial charge in [0.2, 0.25) is 11.8 Å². The normalized spacial score (nSPS) is 14.9. The Balaban J connectivity index is 2.38. The van der Waals surface area contributed by atoms with Gasteiger partial charge in [-0.2, -0.15) is 0 Å². The molecule has 2 heterocycles. The summed E-state index contributed by atoms with van der Waals surface area (Å²) in [5, 5.41) is 2.69. The minimum Gasteiger partial charge on any atom is -0.383 e. The summed E-state index contributed by atoms with van der Waals surface area (Å²) in [6.45, 7) is 5.39. The summed E-state index contributed by atoms with van der Waals surface area (Å²) < 4.78 is 6.31. The number of nitrogens with one attached hydrogen (secondary N) is 2. The van der Waals surface area contributed by atoms with Crippen molar-refractivity contribution in [2.45, 2.75) is 20.4 Å². The van der Waals surface area contributed by atoms with Crippen LogP contribution in [0.4, 0.5) is 11.5 Å². The number of anilines is 2. The van der Waals surface area contributed by atoms with Gasteiger partial charge in [0.1, 0.15) is 5.82 Å². The summed E-state index contributed by atoms with van der Waals surface area (Å²) >= 11 is 0. The van der Waals surface area contributed by atoms with Crippen molar-refractivity contribution in [1.82, 2.24) is 19.8 Å². The van der Waals surface area contributed by atoms with Crippen LogP contribution in [0.5, 0.6) is 0 Å². The Morgan fingerprint density at radius 1 is 1.32 bits per heavy atom. The molecule has 11 heteroatoms. The number of aromatic nitrogens is 2. The van der Waals surface area contributed by atoms with E-state index in [2.05, 4.69) is 10.3 Å². The molecule has 11 nitrogen and oxygen atoms in total. The molecule has 2 rings (SSSR count). The third kappa shape index (κ3) is 5.20. The zero-order chi connectivity index (χ0) is 20.8. The molecular weight excluding hydrogens is 368 g/mol. The van der Waals surface area contributed by atoms with Crippen LogP contribution < -0.4 is 27.2 Å². The van der Waals surface area contributed by atoms with Gasteiger partial charge in [-0.15, -0.1) is 0 Å². The van der Waals surface area contributed by atoms with E-state index in [1.165, 1.54) is 16.6 Å². The first-order valence-corrected chi connectivity index (χ1v) is 9.15. The van der Waals surface area contributed by atoms with Gasteiger partial charge in [-0.05, 0) is 5.92 Å². The number of rotatable bonds is 8. The molecule has 1 aliphatic rings. The first-order chi connectivity index (χ1) is 13.2. The Kier molecular flexibility index (Phi) is 7.35. The molecule has 0 aromatic carbocycles. The minimum atomic E-state index is -0.733. The van der Waals surface area contributed by atoms with Gasteiger partial charge in [0.15, 0.2) is 5.69 Å². The fourth-order valence-corrected chi connectivity index (χ4v) is 3.03. The molecule has 156 valence electrons. The molecule has 0 atom stereocenters. The summed E-state index contributed by atoms with van der Waals surface area (Å²) in [4.78, 5) is 54.3. The van der Waals surface area contributed by atoms with Crippen molar-refractivity contribution in [1.29, 1.82) is 0 Å². The van der Waals surface area contributed by atoms with Gasteiger partial charge in [-0.3, -0.25) is 28.8 Å². The predicted molar refractivity (Wildman–Crippen MR) is 104 cm³/mol. The van der Waals surface area contributed by atoms with Crippen LogP contribution >= 0.6 is 0 Å². The second-order valence-electron chi connectivity index (χ2n) is 7.10. The van der Waals surface area contributed by atoms with Crippen LogP contribution in [0.15, 0.2) is 9.59 Å². The largest absolute Gasteiger partial charge is 0.383 e. The SMILES string of the molecule is COCCN(C(=O)CN1CCNC(=O)C1)c1c(N)n(CC(C)C)c(=O)[nH]c1=O. The van der Waals surface area contributed by atoms with Gasteiger partial charge >= 0.3 is 5.69 Å². The zero-order valence-corrected chi connectivity index (χ0v) is 16.5. The second-order valence-corrected chi connectivity index (χ2v) is 7.10. The number of ether oxygens (including phenoxy) is 1. The van der Waals surface area contributed by atoms with Crippen LogP contribution in [-0.4, -0.2) is 72.7 Å². The van der Waals surface area contributed by atoms with Crippen LogP contribution in [-0.2, 0) is 20.9 Å². The number of nitrogens with zero attached hydrogens (tertiary/aromatic N) is 3. The number of nitrogen functional groups attached to an aromatic ring is 1. The van der Waals surface area contributed by atoms with Crippen LogP contribution in [0.25, 0.3) is 0 Å². The number of piperazine rings is 1. The molecule has 1 aromatic heterocycles. The predicted octanol–water partition coefficient (Wildman–Crippen LogP) is -1.81. The second kappa shape index (κ2) is 9.51. The molecule has 1 aromatic rings. The summed E-state index contributed by atoms with van der Waals surface area (Å²) in [6, 6.07) is 0. The van der Waals surface area contributed by atoms with E-state index in [0.29, 0.717) is 19.6 Å². The third-order valence-corrected chi connectivity index (χ3v) is 4.33. The maximum atomic E-state index is 12.9. The quantitative estimate of drug-likeness (QED) is 0.470. The topological polar surface area (TPSA) is 143 Å². The van der Waals surface area contributed by atoms with Crippen molar-refractivity contribution in [2.75, 3.05) is 57.1 Å². The lowest BCUT2D eigenvalue weighted by atomic mass is 10.2. The lowest BCUT2D eigenvalue weighted by Crippen LogP contribution is -2.52. The highest BCUT2D eigenvalue weighted by molar-refractivity contribution is 5.97. The van der Waals surface area contributed by atoms with Gasteiger partial charge in [0, 0.05) is 33.3 Å². The van der Waals surface area contributed by atoms with Crippen molar-refractivity contribution in [2.24, 2.45) is 5.92 Å². The summed E-state index contributed by atoms with van der Waals surface area (Å²) in [5.41, 5.74) is 4.70. The van der Waals surface area contributed by atoms with Crippen molar-refractivity contribution < 1.29 is 14.3 Å². The number of carbonyl (C=O) groups excluding carboxylic acids is 2. The maximum Gasteiger partial charge on any atom is 0.330 e. The highest BCUT2D eigenvalue weighted by atomic mass is 16.5. The number of hydrogen-bond acceptors (Lipinski definition) is 7. The van der Waals surface area contributed by atoms with Gasteiger partial charge in [-0.25, -0.2) is 4.79 Å². The third-order valence-electron chi connectivity index (χ3n) is 4.33. The Labute approximate surface area is 162 Å². The number of H-pyrrole nitrogens is 1. The van der Waals surface area contributed by atoms with Gasteiger partial charge in [0.05, 0.1) is 19.7 Å². The number of amides is 2. The number of aromatic amines is 1. The molecule has 0 aliphatic carbocycles. The van der Waals surface area contributed by atoms with E-state index < -0.39 is 17.2 Å². The summed E-state index contributed by atoms with van der Waals surface area (Å²) in [7, 11) is 1.48. The Morgan fingerprint density at radius 2 is 2.04 bits per heavy atom. The molecule has 1 fully saturated rings. The van der Waals surface area contributed by atoms with E-state index in [0.717, 1.165) is 0 Å². The Morgan fingerprint density at radius 3 is 2.64 bits per heavy atom. The van der Waals surface area contributed by atoms with E-state index in [9.17, 15) is 19.2 Å². The summed E-state index contributed by atoms with van der Waals surface area (Å²) in [6.07, 6.45) is 0. The van der Waals surface area contributed by atoms with Crippen molar-refractivity contribution in [3.63, 3.8) is 0 Å². The van der Waals surface area contributed by atoms with Gasteiger partial charge < -0.3 is 20.7 Å². The standard InChI is InChI=1S/C17H28N6O5/c1-11(2)8-23-15(18)14(16(26)20-17(23)27)22(6-7-28-3)13(25)10-21-5-4-19-12(24)9-21/h11H,4-10,18H2,1-3H3,(H,19,24)(H,20,26,27). The van der Waals surface area contributed by atoms with Crippen LogP contribution in [0.1, 0.15) is 13.8 Å². The average Bonchev–Trinajstić information content (AvgIpc) is 2.61. The van der Waals surface area contributed by atoms with Crippen LogP contribution in [0, 0.1) is 5.92 Å². The minimum absolute atomic E-state index is 0.0562. The summed E-state index contributed by atoms with van der Waals surface area (Å²) in [5.74, 6) is -0.527. The molecule has 2 amide bonds. The van der Waals surface area contributed by atoms with E-state index >= 15 is 0 Å². The van der Waals surface area contributed by atoms with Crippen molar-refractivity contribution in [3.8, 4) is 0 Å². The fraction of sp³-hybridized carbons (Fsp3) is 0.647. The molecule has 28 heavy (non-hydrogen) atoms. The van der Waals surface area contributed by atoms with E-state index in [-0.39, 0.29) is 49.6 Å². The lowest BCUT2D eigenvalue weighted by Gasteiger charge is -2.30. The average molecular weight is 396 g/mol. The van der Waals surface area contributed by atoms with Crippen LogP contribution in [0.2, 0.25) is 0 Å². The Bertz CT molecular complexity index is 830. The molecule has 0 saturated carbocycles. The molecular formula is C17H28N6O5. The van der Waals surface area contributed by atoms with Crippen molar-refractivity contribution in [3.05, 3.63) is 20.8 Å². The molecule has 1 saturated heterocycles. The number of nitrogens with two attached hydrogens (primary N) is 1. The molecule has 0 unspecified atom stereocenters. The number of hydrogen-bond donors (Lipinski definition) is 3. The van der Waals surface area contributed by atoms with E-state index in [4.69, 9.17) is 10.5 Å². The Hall–Kier alpha value is -2.66. The molecule has 0 radical (unpaired) electrons. The molecule has 4 N–H and O–H groups in total. The first kappa shape index (κ1) is 21.6. The highest BCUT2D eigenvalue weighted by Gasteiger charge is 2.27. The highest BCUT2D eigenvalue weighted by Crippen LogP contribution is 2.18. The first-order valence-electron chi connectivity index (χ1n) is 9.15.